The smallest absolute Gasteiger partial charge is 0.302 e. The minimum Gasteiger partial charge on any atom is -0.302 e. The van der Waals surface area contributed by atoms with Gasteiger partial charge in [0.05, 0.1) is 0 Å². The van der Waals surface area contributed by atoms with Crippen molar-refractivity contribution in [2.45, 2.75) is 0 Å². The molecule has 0 aliphatic rings. The van der Waals surface area contributed by atoms with E-state index in [0.29, 0.717) is 0 Å². The monoisotopic (exact) mass is 299 g/mol. The first kappa shape index (κ1) is 18.1. The molecule has 77 valence electrons. The third-order valence-corrected chi connectivity index (χ3v) is 1.91. The first-order valence-electron chi connectivity index (χ1n) is 1.53. The zero-order chi connectivity index (χ0) is 7.71. The van der Waals surface area contributed by atoms with E-state index in [2.05, 4.69) is 4.31 Å². The van der Waals surface area contributed by atoms with Crippen molar-refractivity contribution in [1.82, 2.24) is 0 Å². The Morgan fingerprint density at radius 2 is 1.09 bits per heavy atom. The molecular formula is H4CuNiO7P2. The fraction of sp³-hybridized carbons (Fsp3) is 0. The molecule has 0 rings (SSSR count). The minimum atomic E-state index is -5.05. The quantitative estimate of drug-likeness (QED) is 0.388. The summed E-state index contributed by atoms with van der Waals surface area (Å²) in [6.07, 6.45) is 0. The Bertz CT molecular complexity index is 157. The third-order valence-electron chi connectivity index (χ3n) is 0.213. The Balaban J connectivity index is -0.000000320. The second-order valence-corrected chi connectivity index (χ2v) is 3.68. The molecule has 0 aromatic rings. The maximum Gasteiger partial charge on any atom is 0.478 e. The van der Waals surface area contributed by atoms with E-state index in [-0.39, 0.29) is 33.6 Å². The molecule has 0 amide bonds. The predicted octanol–water partition coefficient (Wildman–Crippen LogP) is -0.817. The molecule has 4 N–H and O–H groups in total. The molecule has 11 heteroatoms. The topological polar surface area (TPSA) is 124 Å². The molecule has 11 heavy (non-hydrogen) atoms. The van der Waals surface area contributed by atoms with Gasteiger partial charge in [0, 0.05) is 33.6 Å². The zero-order valence-corrected chi connectivity index (χ0v) is 8.24. The summed E-state index contributed by atoms with van der Waals surface area (Å²) in [7, 11) is -10.1. The summed E-state index contributed by atoms with van der Waals surface area (Å²) in [5.74, 6) is 0. The van der Waals surface area contributed by atoms with Crippen LogP contribution in [0.15, 0.2) is 0 Å². The van der Waals surface area contributed by atoms with Crippen molar-refractivity contribution in [2.24, 2.45) is 0 Å². The van der Waals surface area contributed by atoms with Crippen molar-refractivity contribution >= 4 is 15.6 Å². The fourth-order valence-electron chi connectivity index (χ4n) is 0.139. The van der Waals surface area contributed by atoms with Gasteiger partial charge in [-0.1, -0.05) is 0 Å². The molecular weight excluding hydrogens is 296 g/mol. The average molecular weight is 300 g/mol. The summed E-state index contributed by atoms with van der Waals surface area (Å²) in [4.78, 5) is 31.0. The predicted molar refractivity (Wildman–Crippen MR) is 25.2 cm³/mol. The van der Waals surface area contributed by atoms with Gasteiger partial charge in [0.1, 0.15) is 0 Å². The Morgan fingerprint density at radius 1 is 0.909 bits per heavy atom. The van der Waals surface area contributed by atoms with Crippen LogP contribution < -0.4 is 0 Å². The first-order chi connectivity index (χ1) is 3.71. The van der Waals surface area contributed by atoms with Gasteiger partial charge in [-0.25, -0.2) is 9.13 Å². The van der Waals surface area contributed by atoms with Crippen LogP contribution in [0.2, 0.25) is 0 Å². The van der Waals surface area contributed by atoms with E-state index in [1.807, 2.05) is 0 Å². The number of hydrogen-bond acceptors (Lipinski definition) is 3. The second kappa shape index (κ2) is 5.84. The average Bonchev–Trinajstić information content (AvgIpc) is 1.14. The van der Waals surface area contributed by atoms with Crippen molar-refractivity contribution in [3.05, 3.63) is 0 Å². The van der Waals surface area contributed by atoms with E-state index in [1.54, 1.807) is 0 Å². The number of rotatable bonds is 2. The summed E-state index contributed by atoms with van der Waals surface area (Å²) in [6.45, 7) is 0. The fourth-order valence-corrected chi connectivity index (χ4v) is 1.25. The molecule has 0 aromatic carbocycles. The maximum atomic E-state index is 9.63. The van der Waals surface area contributed by atoms with Gasteiger partial charge in [0.15, 0.2) is 0 Å². The van der Waals surface area contributed by atoms with E-state index >= 15 is 0 Å². The largest absolute Gasteiger partial charge is 0.478 e. The van der Waals surface area contributed by atoms with Gasteiger partial charge in [-0.3, -0.25) is 0 Å². The Morgan fingerprint density at radius 3 is 1.09 bits per heavy atom. The Kier molecular flexibility index (Phi) is 9.63. The molecule has 0 atom stereocenters. The van der Waals surface area contributed by atoms with Crippen LogP contribution in [0.3, 0.4) is 0 Å². The first-order valence-corrected chi connectivity index (χ1v) is 4.59. The normalized spacial score (nSPS) is 11.3. The maximum absolute atomic E-state index is 9.63. The van der Waals surface area contributed by atoms with E-state index < -0.39 is 15.6 Å². The van der Waals surface area contributed by atoms with Gasteiger partial charge in [-0.2, -0.15) is 4.31 Å². The molecule has 0 spiro atoms. The summed E-state index contributed by atoms with van der Waals surface area (Å²) in [5.41, 5.74) is 0. The molecule has 0 bridgehead atoms. The summed E-state index contributed by atoms with van der Waals surface area (Å²) in [6, 6.07) is 0. The third kappa shape index (κ3) is 18.3. The van der Waals surface area contributed by atoms with Crippen LogP contribution in [0.25, 0.3) is 0 Å². The van der Waals surface area contributed by atoms with Crippen LogP contribution in [0.5, 0.6) is 0 Å². The molecule has 0 aliphatic carbocycles. The molecule has 0 unspecified atom stereocenters. The minimum absolute atomic E-state index is 0. The van der Waals surface area contributed by atoms with Crippen molar-refractivity contribution in [3.8, 4) is 0 Å². The SMILES string of the molecule is O=P(O)(O)OP(=O)(O)O.[Cu].[Ni]. The number of hydrogen-bond donors (Lipinski definition) is 4. The van der Waals surface area contributed by atoms with Crippen molar-refractivity contribution in [3.63, 3.8) is 0 Å². The molecule has 0 aromatic heterocycles. The van der Waals surface area contributed by atoms with Gasteiger partial charge in [0.2, 0.25) is 0 Å². The summed E-state index contributed by atoms with van der Waals surface area (Å²) < 4.78 is 22.2. The Labute approximate surface area is 82.4 Å². The van der Waals surface area contributed by atoms with E-state index in [9.17, 15) is 9.13 Å². The summed E-state index contributed by atoms with van der Waals surface area (Å²) >= 11 is 0. The van der Waals surface area contributed by atoms with E-state index in [0.717, 1.165) is 0 Å². The standard InChI is InChI=1S/Cu.Ni.H4O7P2/c;;1-8(2,3)7-9(4,5)6/h;;(H2,1,2,3)(H2,4,5,6). The van der Waals surface area contributed by atoms with Gasteiger partial charge >= 0.3 is 15.6 Å². The number of phosphoric acid groups is 2. The summed E-state index contributed by atoms with van der Waals surface area (Å²) in [5, 5.41) is 0. The van der Waals surface area contributed by atoms with Crippen LogP contribution in [0.4, 0.5) is 0 Å². The van der Waals surface area contributed by atoms with Gasteiger partial charge in [-0.15, -0.1) is 0 Å². The van der Waals surface area contributed by atoms with Crippen LogP contribution in [-0.2, 0) is 47.0 Å². The molecule has 0 fully saturated rings. The van der Waals surface area contributed by atoms with Gasteiger partial charge in [0.25, 0.3) is 0 Å². The molecule has 7 nitrogen and oxygen atoms in total. The molecule has 0 saturated heterocycles. The van der Waals surface area contributed by atoms with Crippen molar-refractivity contribution in [1.29, 1.82) is 0 Å². The molecule has 0 saturated carbocycles. The Hall–Kier alpha value is 1.27. The van der Waals surface area contributed by atoms with Crippen LogP contribution in [-0.4, -0.2) is 19.6 Å². The zero-order valence-electron chi connectivity index (χ0n) is 4.53. The van der Waals surface area contributed by atoms with Gasteiger partial charge < -0.3 is 19.6 Å². The molecule has 0 aliphatic heterocycles. The van der Waals surface area contributed by atoms with Gasteiger partial charge in [-0.05, 0) is 0 Å². The van der Waals surface area contributed by atoms with Crippen LogP contribution >= 0.6 is 15.6 Å². The molecule has 1 radical (unpaired) electrons. The van der Waals surface area contributed by atoms with Crippen molar-refractivity contribution < 1.29 is 66.6 Å². The van der Waals surface area contributed by atoms with Crippen molar-refractivity contribution in [2.75, 3.05) is 0 Å². The van der Waals surface area contributed by atoms with Crippen LogP contribution in [0, 0.1) is 0 Å². The van der Waals surface area contributed by atoms with Crippen LogP contribution in [0.1, 0.15) is 0 Å². The molecule has 0 heterocycles. The van der Waals surface area contributed by atoms with E-state index in [1.165, 1.54) is 0 Å². The van der Waals surface area contributed by atoms with E-state index in [4.69, 9.17) is 19.6 Å². The second-order valence-electron chi connectivity index (χ2n) is 1.06.